The summed E-state index contributed by atoms with van der Waals surface area (Å²) >= 11 is 0. The van der Waals surface area contributed by atoms with Crippen molar-refractivity contribution in [2.75, 3.05) is 33.4 Å². The Morgan fingerprint density at radius 2 is 1.79 bits per heavy atom. The number of ketones is 1. The first kappa shape index (κ1) is 27.7. The zero-order valence-electron chi connectivity index (χ0n) is 22.3. The number of carbonyl (C=O) groups excluding carboxylic acids is 1. The first-order valence-electron chi connectivity index (χ1n) is 13.0. The number of aliphatic hydroxyl groups is 1. The maximum absolute atomic E-state index is 13.1. The Morgan fingerprint density at radius 3 is 2.39 bits per heavy atom. The standard InChI is InChI=1S/C31H36FN3O3/c1-22(17-32)34-21-31(2,16-28-30(37)29(36)14-15-33-28)26-12-10-24(11-13-26)5-4-23-6-8-25(9-7-23)18-35-19-27(20-35)38-3/h6-13,15,22,27,34,37H,14,16-21H2,1-3H3/t22-,31?/m0/s1. The Labute approximate surface area is 224 Å². The molecule has 2 atom stereocenters. The molecule has 2 heterocycles. The summed E-state index contributed by atoms with van der Waals surface area (Å²) in [6.45, 7) is 6.65. The molecular weight excluding hydrogens is 481 g/mol. The molecule has 0 aromatic heterocycles. The van der Waals surface area contributed by atoms with Crippen molar-refractivity contribution in [2.45, 2.75) is 50.8 Å². The topological polar surface area (TPSA) is 74.2 Å². The number of aliphatic imine (C=N–C) groups is 1. The molecule has 7 heteroatoms. The Balaban J connectivity index is 1.45. The average Bonchev–Trinajstić information content (AvgIpc) is 2.91. The zero-order valence-corrected chi connectivity index (χ0v) is 22.3. The molecule has 2 aromatic rings. The van der Waals surface area contributed by atoms with E-state index in [4.69, 9.17) is 4.74 Å². The van der Waals surface area contributed by atoms with E-state index in [1.54, 1.807) is 14.0 Å². The van der Waals surface area contributed by atoms with Crippen molar-refractivity contribution >= 4 is 12.0 Å². The molecule has 38 heavy (non-hydrogen) atoms. The summed E-state index contributed by atoms with van der Waals surface area (Å²) in [6, 6.07) is 16.0. The lowest BCUT2D eigenvalue weighted by Crippen LogP contribution is -2.50. The molecule has 0 amide bonds. The average molecular weight is 518 g/mol. The highest BCUT2D eigenvalue weighted by Crippen LogP contribution is 2.33. The number of ether oxygens (including phenoxy) is 1. The molecule has 1 fully saturated rings. The number of methoxy groups -OCH3 is 1. The third-order valence-electron chi connectivity index (χ3n) is 7.24. The van der Waals surface area contributed by atoms with Crippen molar-refractivity contribution in [3.63, 3.8) is 0 Å². The second kappa shape index (κ2) is 12.5. The van der Waals surface area contributed by atoms with E-state index >= 15 is 0 Å². The van der Waals surface area contributed by atoms with Crippen LogP contribution in [0.2, 0.25) is 0 Å². The number of aliphatic hydroxyl groups excluding tert-OH is 1. The minimum absolute atomic E-state index is 0.104. The number of likely N-dealkylation sites (tertiary alicyclic amines) is 1. The van der Waals surface area contributed by atoms with Gasteiger partial charge in [-0.1, -0.05) is 43.0 Å². The van der Waals surface area contributed by atoms with Crippen LogP contribution in [0.25, 0.3) is 0 Å². The van der Waals surface area contributed by atoms with E-state index in [2.05, 4.69) is 39.2 Å². The second-order valence-corrected chi connectivity index (χ2v) is 10.5. The van der Waals surface area contributed by atoms with Crippen LogP contribution in [-0.2, 0) is 21.5 Å². The summed E-state index contributed by atoms with van der Waals surface area (Å²) in [5.74, 6) is 5.85. The fourth-order valence-corrected chi connectivity index (χ4v) is 4.63. The van der Waals surface area contributed by atoms with E-state index in [0.717, 1.165) is 36.3 Å². The van der Waals surface area contributed by atoms with Crippen molar-refractivity contribution in [3.8, 4) is 11.8 Å². The summed E-state index contributed by atoms with van der Waals surface area (Å²) < 4.78 is 18.5. The molecule has 6 nitrogen and oxygen atoms in total. The van der Waals surface area contributed by atoms with Gasteiger partial charge in [0.15, 0.2) is 5.76 Å². The number of rotatable bonds is 10. The van der Waals surface area contributed by atoms with E-state index in [1.807, 2.05) is 43.3 Å². The zero-order chi connectivity index (χ0) is 27.1. The van der Waals surface area contributed by atoms with Crippen LogP contribution in [0, 0.1) is 11.8 Å². The third kappa shape index (κ3) is 6.96. The van der Waals surface area contributed by atoms with Gasteiger partial charge in [-0.2, -0.15) is 0 Å². The SMILES string of the molecule is COC1CN(Cc2ccc(C#Cc3ccc(C(C)(CN[C@@H](C)CF)CC4=C(O)C(=O)CC=N4)cc3)cc2)C1. The summed E-state index contributed by atoms with van der Waals surface area (Å²) in [5, 5.41) is 13.5. The lowest BCUT2D eigenvalue weighted by molar-refractivity contribution is -0.117. The van der Waals surface area contributed by atoms with Gasteiger partial charge in [-0.25, -0.2) is 4.39 Å². The molecule has 0 bridgehead atoms. The lowest BCUT2D eigenvalue weighted by Gasteiger charge is -2.38. The van der Waals surface area contributed by atoms with E-state index in [-0.39, 0.29) is 24.0 Å². The van der Waals surface area contributed by atoms with Gasteiger partial charge in [-0.05, 0) is 42.3 Å². The molecule has 200 valence electrons. The van der Waals surface area contributed by atoms with Crippen molar-refractivity contribution in [3.05, 3.63) is 82.2 Å². The van der Waals surface area contributed by atoms with Crippen LogP contribution in [0.15, 0.2) is 65.0 Å². The number of benzene rings is 2. The van der Waals surface area contributed by atoms with Gasteiger partial charge in [0.2, 0.25) is 5.78 Å². The quantitative estimate of drug-likeness (QED) is 0.459. The Hall–Kier alpha value is -3.31. The number of nitrogens with zero attached hydrogens (tertiary/aromatic N) is 2. The highest BCUT2D eigenvalue weighted by atomic mass is 19.1. The molecule has 2 aromatic carbocycles. The molecule has 2 aliphatic heterocycles. The number of halogens is 1. The normalized spacial score (nSPS) is 18.5. The molecular formula is C31H36FN3O3. The number of carbonyl (C=O) groups is 1. The van der Waals surface area contributed by atoms with Gasteiger partial charge in [0.05, 0.1) is 11.8 Å². The van der Waals surface area contributed by atoms with E-state index in [0.29, 0.717) is 24.8 Å². The van der Waals surface area contributed by atoms with Crippen molar-refractivity contribution in [1.29, 1.82) is 0 Å². The fourth-order valence-electron chi connectivity index (χ4n) is 4.63. The summed E-state index contributed by atoms with van der Waals surface area (Å²) in [4.78, 5) is 18.6. The van der Waals surface area contributed by atoms with Gasteiger partial charge >= 0.3 is 0 Å². The van der Waals surface area contributed by atoms with Gasteiger partial charge in [-0.3, -0.25) is 14.7 Å². The molecule has 0 spiro atoms. The summed E-state index contributed by atoms with van der Waals surface area (Å²) in [5.41, 5.74) is 3.91. The van der Waals surface area contributed by atoms with Crippen LogP contribution in [0.3, 0.4) is 0 Å². The van der Waals surface area contributed by atoms with Crippen LogP contribution >= 0.6 is 0 Å². The summed E-state index contributed by atoms with van der Waals surface area (Å²) in [7, 11) is 1.76. The molecule has 0 saturated carbocycles. The highest BCUT2D eigenvalue weighted by Gasteiger charge is 2.31. The molecule has 1 saturated heterocycles. The van der Waals surface area contributed by atoms with Crippen LogP contribution in [-0.4, -0.2) is 67.6 Å². The van der Waals surface area contributed by atoms with Crippen molar-refractivity contribution < 1.29 is 19.0 Å². The third-order valence-corrected chi connectivity index (χ3v) is 7.24. The van der Waals surface area contributed by atoms with Crippen LogP contribution in [0.5, 0.6) is 0 Å². The second-order valence-electron chi connectivity index (χ2n) is 10.5. The first-order valence-corrected chi connectivity index (χ1v) is 13.0. The number of alkyl halides is 1. The Bertz CT molecular complexity index is 1240. The fraction of sp³-hybridized carbons (Fsp3) is 0.419. The number of nitrogens with one attached hydrogen (secondary N) is 1. The highest BCUT2D eigenvalue weighted by molar-refractivity contribution is 6.04. The maximum atomic E-state index is 13.1. The number of allylic oxidation sites excluding steroid dienone is 2. The van der Waals surface area contributed by atoms with E-state index in [9.17, 15) is 14.3 Å². The van der Waals surface area contributed by atoms with E-state index < -0.39 is 12.1 Å². The van der Waals surface area contributed by atoms with Crippen LogP contribution in [0.1, 0.15) is 48.9 Å². The summed E-state index contributed by atoms with van der Waals surface area (Å²) in [6.07, 6.45) is 2.33. The van der Waals surface area contributed by atoms with Gasteiger partial charge in [-0.15, -0.1) is 0 Å². The molecule has 0 aliphatic carbocycles. The number of hydrogen-bond acceptors (Lipinski definition) is 6. The van der Waals surface area contributed by atoms with Crippen LogP contribution in [0.4, 0.5) is 4.39 Å². The first-order chi connectivity index (χ1) is 18.3. The Morgan fingerprint density at radius 1 is 1.16 bits per heavy atom. The molecule has 2 N–H and O–H groups in total. The molecule has 1 unspecified atom stereocenters. The minimum Gasteiger partial charge on any atom is -0.503 e. The van der Waals surface area contributed by atoms with Gasteiger partial charge in [0, 0.05) is 74.9 Å². The number of Topliss-reactive ketones (excluding diaryl/α,β-unsaturated/α-hetero) is 1. The van der Waals surface area contributed by atoms with Crippen molar-refractivity contribution in [2.24, 2.45) is 4.99 Å². The minimum atomic E-state index is -0.525. The largest absolute Gasteiger partial charge is 0.503 e. The predicted molar refractivity (Wildman–Crippen MR) is 148 cm³/mol. The van der Waals surface area contributed by atoms with E-state index in [1.165, 1.54) is 11.8 Å². The van der Waals surface area contributed by atoms with Gasteiger partial charge in [0.1, 0.15) is 6.67 Å². The number of hydrogen-bond donors (Lipinski definition) is 2. The molecule has 0 radical (unpaired) electrons. The lowest BCUT2D eigenvalue weighted by atomic mass is 9.77. The van der Waals surface area contributed by atoms with Gasteiger partial charge in [0.25, 0.3) is 0 Å². The Kier molecular flexibility index (Phi) is 9.11. The smallest absolute Gasteiger partial charge is 0.204 e. The van der Waals surface area contributed by atoms with Crippen LogP contribution < -0.4 is 5.32 Å². The monoisotopic (exact) mass is 517 g/mol. The molecule has 2 aliphatic rings. The van der Waals surface area contributed by atoms with Crippen molar-refractivity contribution in [1.82, 2.24) is 10.2 Å². The van der Waals surface area contributed by atoms with Gasteiger partial charge < -0.3 is 15.2 Å². The maximum Gasteiger partial charge on any atom is 0.204 e. The molecule has 4 rings (SSSR count). The predicted octanol–water partition coefficient (Wildman–Crippen LogP) is 4.33.